The molecular formula is C16H14ClN3O6S2. The molecular weight excluding hydrogens is 430 g/mol. The largest absolute Gasteiger partial charge is 0.507 e. The normalized spacial score (nSPS) is 12.3. The van der Waals surface area contributed by atoms with Gasteiger partial charge in [-0.15, -0.1) is 0 Å². The van der Waals surface area contributed by atoms with E-state index in [1.807, 2.05) is 0 Å². The molecule has 1 aromatic heterocycles. The summed E-state index contributed by atoms with van der Waals surface area (Å²) < 4.78 is 55.4. The first-order valence-corrected chi connectivity index (χ1v) is 11.3. The molecule has 0 bridgehead atoms. The van der Waals surface area contributed by atoms with Gasteiger partial charge >= 0.3 is 0 Å². The zero-order chi connectivity index (χ0) is 20.9. The van der Waals surface area contributed by atoms with Gasteiger partial charge in [-0.3, -0.25) is 4.55 Å². The molecule has 0 saturated heterocycles. The van der Waals surface area contributed by atoms with E-state index in [4.69, 9.17) is 11.6 Å². The topological polar surface area (TPSA) is 147 Å². The van der Waals surface area contributed by atoms with Crippen molar-refractivity contribution in [1.29, 1.82) is 0 Å². The number of benzene rings is 2. The maximum Gasteiger partial charge on any atom is 0.294 e. The van der Waals surface area contributed by atoms with Crippen molar-refractivity contribution in [3.63, 3.8) is 0 Å². The standard InChI is InChI=1S/C16H14ClN3O6S2/c1-8-14(17)15(20-16(18-8)27(2,22)23)19-10-3-4-12-9(5-10)6-11(7-13(12)21)28(24,25)26/h3-7,21H,1-2H3,(H,18,19,20)(H,24,25,26). The molecule has 9 nitrogen and oxygen atoms in total. The summed E-state index contributed by atoms with van der Waals surface area (Å²) in [7, 11) is -8.18. The first kappa shape index (κ1) is 20.3. The highest BCUT2D eigenvalue weighted by atomic mass is 35.5. The summed E-state index contributed by atoms with van der Waals surface area (Å²) in [5.74, 6) is -0.281. The Balaban J connectivity index is 2.12. The third-order valence-corrected chi connectivity index (χ3v) is 5.92. The van der Waals surface area contributed by atoms with Crippen molar-refractivity contribution in [3.8, 4) is 5.75 Å². The first-order chi connectivity index (χ1) is 12.9. The average molecular weight is 444 g/mol. The number of rotatable bonds is 4. The van der Waals surface area contributed by atoms with Crippen LogP contribution in [0, 0.1) is 6.92 Å². The highest BCUT2D eigenvalue weighted by molar-refractivity contribution is 7.90. The van der Waals surface area contributed by atoms with Gasteiger partial charge in [0.1, 0.15) is 10.8 Å². The number of fused-ring (bicyclic) bond motifs is 1. The van der Waals surface area contributed by atoms with Gasteiger partial charge in [-0.2, -0.15) is 13.4 Å². The van der Waals surface area contributed by atoms with Crippen LogP contribution in [0.15, 0.2) is 40.4 Å². The zero-order valence-electron chi connectivity index (χ0n) is 14.5. The molecule has 148 valence electrons. The van der Waals surface area contributed by atoms with Crippen LogP contribution in [0.4, 0.5) is 11.5 Å². The summed E-state index contributed by atoms with van der Waals surface area (Å²) in [6.07, 6.45) is 0.967. The van der Waals surface area contributed by atoms with E-state index in [-0.39, 0.29) is 22.3 Å². The van der Waals surface area contributed by atoms with Gasteiger partial charge in [-0.05, 0) is 36.6 Å². The Labute approximate surface area is 165 Å². The number of aryl methyl sites for hydroxylation is 1. The van der Waals surface area contributed by atoms with E-state index in [2.05, 4.69) is 15.3 Å². The van der Waals surface area contributed by atoms with Gasteiger partial charge in [-0.1, -0.05) is 11.6 Å². The Morgan fingerprint density at radius 2 is 1.75 bits per heavy atom. The number of hydrogen-bond donors (Lipinski definition) is 3. The van der Waals surface area contributed by atoms with Crippen LogP contribution in [0.25, 0.3) is 10.8 Å². The van der Waals surface area contributed by atoms with Gasteiger partial charge in [0.15, 0.2) is 5.82 Å². The predicted octanol–water partition coefficient (Wildman–Crippen LogP) is 2.69. The van der Waals surface area contributed by atoms with E-state index < -0.39 is 30.0 Å². The molecule has 0 aliphatic heterocycles. The minimum Gasteiger partial charge on any atom is -0.507 e. The van der Waals surface area contributed by atoms with E-state index in [1.54, 1.807) is 6.07 Å². The van der Waals surface area contributed by atoms with Crippen molar-refractivity contribution < 1.29 is 26.5 Å². The Morgan fingerprint density at radius 1 is 1.07 bits per heavy atom. The fourth-order valence-corrected chi connectivity index (χ4v) is 3.70. The minimum absolute atomic E-state index is 0.0455. The summed E-state index contributed by atoms with van der Waals surface area (Å²) in [5, 5.41) is 13.2. The number of phenolic OH excluding ortho intramolecular Hbond substituents is 1. The molecule has 0 aliphatic rings. The molecule has 28 heavy (non-hydrogen) atoms. The lowest BCUT2D eigenvalue weighted by atomic mass is 10.1. The highest BCUT2D eigenvalue weighted by Crippen LogP contribution is 2.33. The van der Waals surface area contributed by atoms with Crippen LogP contribution < -0.4 is 5.32 Å². The van der Waals surface area contributed by atoms with Gasteiger partial charge in [0.25, 0.3) is 10.1 Å². The molecule has 0 saturated carbocycles. The van der Waals surface area contributed by atoms with Gasteiger partial charge in [0, 0.05) is 23.4 Å². The van der Waals surface area contributed by atoms with Crippen molar-refractivity contribution in [3.05, 3.63) is 41.0 Å². The van der Waals surface area contributed by atoms with Crippen molar-refractivity contribution >= 4 is 53.8 Å². The van der Waals surface area contributed by atoms with Crippen LogP contribution >= 0.6 is 11.6 Å². The summed E-state index contributed by atoms with van der Waals surface area (Å²) >= 11 is 6.16. The monoisotopic (exact) mass is 443 g/mol. The first-order valence-electron chi connectivity index (χ1n) is 7.62. The minimum atomic E-state index is -4.51. The van der Waals surface area contributed by atoms with Crippen molar-refractivity contribution in [2.24, 2.45) is 0 Å². The van der Waals surface area contributed by atoms with Crippen LogP contribution in [0.1, 0.15) is 5.69 Å². The molecule has 0 spiro atoms. The van der Waals surface area contributed by atoms with Gasteiger partial charge in [-0.25, -0.2) is 13.4 Å². The lowest BCUT2D eigenvalue weighted by molar-refractivity contribution is 0.471. The van der Waals surface area contributed by atoms with E-state index in [0.717, 1.165) is 12.3 Å². The molecule has 3 aromatic rings. The smallest absolute Gasteiger partial charge is 0.294 e. The number of sulfone groups is 1. The molecule has 0 atom stereocenters. The van der Waals surface area contributed by atoms with Crippen molar-refractivity contribution in [2.45, 2.75) is 17.0 Å². The number of nitrogens with one attached hydrogen (secondary N) is 1. The van der Waals surface area contributed by atoms with Crippen LogP contribution in [-0.4, -0.2) is 42.7 Å². The van der Waals surface area contributed by atoms with Crippen LogP contribution in [0.5, 0.6) is 5.75 Å². The molecule has 0 fully saturated rings. The van der Waals surface area contributed by atoms with E-state index in [9.17, 15) is 26.5 Å². The second-order valence-electron chi connectivity index (χ2n) is 6.00. The molecule has 0 amide bonds. The maximum absolute atomic E-state index is 11.7. The molecule has 0 unspecified atom stereocenters. The van der Waals surface area contributed by atoms with Crippen molar-refractivity contribution in [1.82, 2.24) is 9.97 Å². The quantitative estimate of drug-likeness (QED) is 0.409. The Kier molecular flexibility index (Phi) is 4.96. The number of phenols is 1. The Morgan fingerprint density at radius 3 is 2.36 bits per heavy atom. The second kappa shape index (κ2) is 6.85. The van der Waals surface area contributed by atoms with Crippen LogP contribution in [0.3, 0.4) is 0 Å². The molecule has 12 heteroatoms. The van der Waals surface area contributed by atoms with E-state index >= 15 is 0 Å². The number of hydrogen-bond acceptors (Lipinski definition) is 8. The van der Waals surface area contributed by atoms with Crippen LogP contribution in [-0.2, 0) is 20.0 Å². The Hall–Kier alpha value is -2.47. The fraction of sp³-hybridized carbons (Fsp3) is 0.125. The fourth-order valence-electron chi connectivity index (χ4n) is 2.47. The zero-order valence-corrected chi connectivity index (χ0v) is 16.9. The van der Waals surface area contributed by atoms with Gasteiger partial charge < -0.3 is 10.4 Å². The van der Waals surface area contributed by atoms with Gasteiger partial charge in [0.05, 0.1) is 10.6 Å². The summed E-state index contributed by atoms with van der Waals surface area (Å²) in [6.45, 7) is 1.53. The molecule has 3 N–H and O–H groups in total. The van der Waals surface area contributed by atoms with Crippen molar-refractivity contribution in [2.75, 3.05) is 11.6 Å². The highest BCUT2D eigenvalue weighted by Gasteiger charge is 2.18. The summed E-state index contributed by atoms with van der Waals surface area (Å²) in [5.41, 5.74) is 0.644. The summed E-state index contributed by atoms with van der Waals surface area (Å²) in [6, 6.07) is 6.68. The second-order valence-corrected chi connectivity index (χ2v) is 9.71. The van der Waals surface area contributed by atoms with Crippen LogP contribution in [0.2, 0.25) is 5.02 Å². The third kappa shape index (κ3) is 4.02. The molecule has 1 heterocycles. The Bertz CT molecular complexity index is 1320. The number of halogens is 1. The van der Waals surface area contributed by atoms with Gasteiger partial charge in [0.2, 0.25) is 15.0 Å². The number of aromatic nitrogens is 2. The molecule has 3 rings (SSSR count). The average Bonchev–Trinajstić information content (AvgIpc) is 2.56. The summed E-state index contributed by atoms with van der Waals surface area (Å²) in [4.78, 5) is 7.31. The maximum atomic E-state index is 11.7. The predicted molar refractivity (Wildman–Crippen MR) is 104 cm³/mol. The number of nitrogens with zero attached hydrogens (tertiary/aromatic N) is 2. The number of aromatic hydroxyl groups is 1. The van der Waals surface area contributed by atoms with E-state index in [0.29, 0.717) is 16.5 Å². The SMILES string of the molecule is Cc1nc(S(C)(=O)=O)nc(Nc2ccc3c(O)cc(S(=O)(=O)O)cc3c2)c1Cl. The molecule has 0 radical (unpaired) electrons. The lowest BCUT2D eigenvalue weighted by Crippen LogP contribution is -2.08. The lowest BCUT2D eigenvalue weighted by Gasteiger charge is -2.12. The molecule has 0 aliphatic carbocycles. The molecule has 2 aromatic carbocycles. The van der Waals surface area contributed by atoms with E-state index in [1.165, 1.54) is 25.1 Å². The number of anilines is 2. The third-order valence-electron chi connectivity index (χ3n) is 3.79.